The van der Waals surface area contributed by atoms with Gasteiger partial charge in [-0.15, -0.1) is 0 Å². The van der Waals surface area contributed by atoms with Crippen LogP contribution < -0.4 is 0 Å². The summed E-state index contributed by atoms with van der Waals surface area (Å²) in [6, 6.07) is 0. The first kappa shape index (κ1) is 8.79. The second-order valence-electron chi connectivity index (χ2n) is 3.86. The number of hydrogen-bond acceptors (Lipinski definition) is 4. The lowest BCUT2D eigenvalue weighted by molar-refractivity contribution is 0.0131. The second kappa shape index (κ2) is 3.27. The average molecular weight is 204 g/mol. The maximum atomic E-state index is 5.78. The third-order valence-corrected chi connectivity index (χ3v) is 2.76. The van der Waals surface area contributed by atoms with Crippen molar-refractivity contribution >= 4 is 11.2 Å². The number of fused-ring (bicyclic) bond motifs is 1. The van der Waals surface area contributed by atoms with Crippen molar-refractivity contribution in [2.45, 2.75) is 32.1 Å². The fraction of sp³-hybridized carbons (Fsp3) is 0.500. The maximum absolute atomic E-state index is 5.78. The quantitative estimate of drug-likeness (QED) is 0.706. The first-order chi connectivity index (χ1) is 7.34. The highest BCUT2D eigenvalue weighted by Crippen LogP contribution is 2.29. The number of imidazole rings is 1. The first-order valence-corrected chi connectivity index (χ1v) is 5.12. The van der Waals surface area contributed by atoms with Crippen molar-refractivity contribution in [3.63, 3.8) is 0 Å². The standard InChI is InChI=1S/C10H12N4O/c1-7-2-3-9(15-7)14-6-13-8-4-11-5-12-10(8)14/h4-7,9H,2-3H2,1H3. The molecular formula is C10H12N4O. The first-order valence-electron chi connectivity index (χ1n) is 5.12. The fourth-order valence-corrected chi connectivity index (χ4v) is 1.98. The molecule has 3 heterocycles. The van der Waals surface area contributed by atoms with Crippen molar-refractivity contribution in [3.8, 4) is 0 Å². The topological polar surface area (TPSA) is 52.8 Å². The molecule has 1 aliphatic rings. The molecule has 1 fully saturated rings. The molecule has 0 aliphatic carbocycles. The molecule has 15 heavy (non-hydrogen) atoms. The van der Waals surface area contributed by atoms with Crippen LogP contribution in [0.5, 0.6) is 0 Å². The Bertz CT molecular complexity index is 481. The Morgan fingerprint density at radius 1 is 1.40 bits per heavy atom. The number of nitrogens with zero attached hydrogens (tertiary/aromatic N) is 4. The summed E-state index contributed by atoms with van der Waals surface area (Å²) in [6.45, 7) is 2.09. The highest BCUT2D eigenvalue weighted by atomic mass is 16.5. The molecule has 0 radical (unpaired) electrons. The average Bonchev–Trinajstić information content (AvgIpc) is 2.83. The van der Waals surface area contributed by atoms with E-state index in [1.165, 1.54) is 0 Å². The van der Waals surface area contributed by atoms with Crippen LogP contribution in [0.25, 0.3) is 11.2 Å². The fourth-order valence-electron chi connectivity index (χ4n) is 1.98. The molecule has 2 unspecified atom stereocenters. The lowest BCUT2D eigenvalue weighted by Crippen LogP contribution is -2.08. The van der Waals surface area contributed by atoms with Crippen LogP contribution in [-0.4, -0.2) is 25.6 Å². The molecule has 1 aliphatic heterocycles. The van der Waals surface area contributed by atoms with Gasteiger partial charge in [0.2, 0.25) is 0 Å². The lowest BCUT2D eigenvalue weighted by atomic mass is 10.2. The molecule has 78 valence electrons. The Morgan fingerprint density at radius 3 is 3.13 bits per heavy atom. The molecule has 0 bridgehead atoms. The van der Waals surface area contributed by atoms with E-state index in [0.29, 0.717) is 6.10 Å². The number of rotatable bonds is 1. The lowest BCUT2D eigenvalue weighted by Gasteiger charge is -2.12. The molecule has 2 aromatic heterocycles. The minimum Gasteiger partial charge on any atom is -0.355 e. The third kappa shape index (κ3) is 1.39. The molecule has 5 nitrogen and oxygen atoms in total. The Hall–Kier alpha value is -1.49. The monoisotopic (exact) mass is 204 g/mol. The predicted molar refractivity (Wildman–Crippen MR) is 54.1 cm³/mol. The van der Waals surface area contributed by atoms with E-state index in [0.717, 1.165) is 24.0 Å². The summed E-state index contributed by atoms with van der Waals surface area (Å²) < 4.78 is 7.76. The van der Waals surface area contributed by atoms with Crippen LogP contribution >= 0.6 is 0 Å². The maximum Gasteiger partial charge on any atom is 0.165 e. The van der Waals surface area contributed by atoms with Crippen molar-refractivity contribution in [2.75, 3.05) is 0 Å². The Morgan fingerprint density at radius 2 is 2.33 bits per heavy atom. The molecule has 0 N–H and O–H groups in total. The predicted octanol–water partition coefficient (Wildman–Crippen LogP) is 1.52. The number of aromatic nitrogens is 4. The van der Waals surface area contributed by atoms with Gasteiger partial charge in [0.15, 0.2) is 5.65 Å². The summed E-state index contributed by atoms with van der Waals surface area (Å²) in [7, 11) is 0. The second-order valence-corrected chi connectivity index (χ2v) is 3.86. The highest BCUT2D eigenvalue weighted by Gasteiger charge is 2.24. The van der Waals surface area contributed by atoms with Gasteiger partial charge < -0.3 is 4.74 Å². The summed E-state index contributed by atoms with van der Waals surface area (Å²) in [5.41, 5.74) is 1.67. The summed E-state index contributed by atoms with van der Waals surface area (Å²) in [5.74, 6) is 0. The van der Waals surface area contributed by atoms with E-state index in [2.05, 4.69) is 21.9 Å². The van der Waals surface area contributed by atoms with E-state index in [9.17, 15) is 0 Å². The van der Waals surface area contributed by atoms with E-state index in [4.69, 9.17) is 4.74 Å². The summed E-state index contributed by atoms with van der Waals surface area (Å²) in [6.07, 6.45) is 7.57. The Kier molecular flexibility index (Phi) is 1.92. The Labute approximate surface area is 87.1 Å². The molecule has 5 heteroatoms. The van der Waals surface area contributed by atoms with E-state index in [1.807, 2.05) is 4.57 Å². The van der Waals surface area contributed by atoms with E-state index in [-0.39, 0.29) is 6.23 Å². The largest absolute Gasteiger partial charge is 0.355 e. The van der Waals surface area contributed by atoms with Gasteiger partial charge in [-0.05, 0) is 19.8 Å². The van der Waals surface area contributed by atoms with Gasteiger partial charge in [0.25, 0.3) is 0 Å². The number of ether oxygens (including phenoxy) is 1. The van der Waals surface area contributed by atoms with Gasteiger partial charge in [-0.3, -0.25) is 4.57 Å². The zero-order chi connectivity index (χ0) is 10.3. The minimum atomic E-state index is 0.0832. The summed E-state index contributed by atoms with van der Waals surface area (Å²) >= 11 is 0. The van der Waals surface area contributed by atoms with Gasteiger partial charge >= 0.3 is 0 Å². The van der Waals surface area contributed by atoms with Gasteiger partial charge in [0.05, 0.1) is 18.6 Å². The molecule has 0 spiro atoms. The van der Waals surface area contributed by atoms with Gasteiger partial charge in [-0.2, -0.15) is 0 Å². The molecule has 2 atom stereocenters. The molecule has 0 amide bonds. The van der Waals surface area contributed by atoms with Crippen LogP contribution in [-0.2, 0) is 4.74 Å². The van der Waals surface area contributed by atoms with E-state index >= 15 is 0 Å². The van der Waals surface area contributed by atoms with Crippen LogP contribution in [0.1, 0.15) is 26.0 Å². The minimum absolute atomic E-state index is 0.0832. The van der Waals surface area contributed by atoms with E-state index < -0.39 is 0 Å². The van der Waals surface area contributed by atoms with Gasteiger partial charge in [0, 0.05) is 0 Å². The van der Waals surface area contributed by atoms with Crippen LogP contribution in [0, 0.1) is 0 Å². The van der Waals surface area contributed by atoms with E-state index in [1.54, 1.807) is 18.9 Å². The van der Waals surface area contributed by atoms with Gasteiger partial charge in [-0.1, -0.05) is 0 Å². The van der Waals surface area contributed by atoms with Crippen LogP contribution in [0.4, 0.5) is 0 Å². The van der Waals surface area contributed by atoms with Crippen molar-refractivity contribution in [1.29, 1.82) is 0 Å². The van der Waals surface area contributed by atoms with Crippen molar-refractivity contribution in [3.05, 3.63) is 18.9 Å². The van der Waals surface area contributed by atoms with Crippen LogP contribution in [0.2, 0.25) is 0 Å². The molecule has 2 aromatic rings. The molecule has 3 rings (SSSR count). The molecular weight excluding hydrogens is 192 g/mol. The van der Waals surface area contributed by atoms with Gasteiger partial charge in [-0.25, -0.2) is 15.0 Å². The van der Waals surface area contributed by atoms with Gasteiger partial charge in [0.1, 0.15) is 18.1 Å². The van der Waals surface area contributed by atoms with Crippen LogP contribution in [0.3, 0.4) is 0 Å². The Balaban J connectivity index is 2.04. The zero-order valence-corrected chi connectivity index (χ0v) is 8.50. The van der Waals surface area contributed by atoms with Crippen molar-refractivity contribution in [1.82, 2.24) is 19.5 Å². The van der Waals surface area contributed by atoms with Crippen LogP contribution in [0.15, 0.2) is 18.9 Å². The highest BCUT2D eigenvalue weighted by molar-refractivity contribution is 5.68. The van der Waals surface area contributed by atoms with Crippen molar-refractivity contribution < 1.29 is 4.74 Å². The molecule has 1 saturated heterocycles. The van der Waals surface area contributed by atoms with Crippen molar-refractivity contribution in [2.24, 2.45) is 0 Å². The summed E-state index contributed by atoms with van der Waals surface area (Å²) in [5, 5.41) is 0. The number of hydrogen-bond donors (Lipinski definition) is 0. The third-order valence-electron chi connectivity index (χ3n) is 2.76. The zero-order valence-electron chi connectivity index (χ0n) is 8.50. The normalized spacial score (nSPS) is 26.2. The molecule has 0 aromatic carbocycles. The summed E-state index contributed by atoms with van der Waals surface area (Å²) in [4.78, 5) is 12.4. The molecule has 0 saturated carbocycles. The smallest absolute Gasteiger partial charge is 0.165 e. The SMILES string of the molecule is CC1CCC(n2cnc3cncnc32)O1.